The zero-order valence-corrected chi connectivity index (χ0v) is 33.5. The number of ether oxygens (including phenoxy) is 3. The molecule has 0 bridgehead atoms. The van der Waals surface area contributed by atoms with E-state index >= 15 is 0 Å². The van der Waals surface area contributed by atoms with E-state index in [4.69, 9.17) is 31.5 Å². The number of H-pyrrole nitrogens is 1. The molecule has 57 heavy (non-hydrogen) atoms. The Morgan fingerprint density at radius 2 is 1.88 bits per heavy atom. The first-order chi connectivity index (χ1) is 27.9. The molecule has 5 N–H and O–H groups in total. The number of pyridine rings is 1. The second kappa shape index (κ2) is 16.6. The van der Waals surface area contributed by atoms with E-state index < -0.39 is 0 Å². The van der Waals surface area contributed by atoms with Crippen LogP contribution in [-0.4, -0.2) is 79.5 Å². The van der Waals surface area contributed by atoms with Gasteiger partial charge in [0.1, 0.15) is 17.1 Å². The van der Waals surface area contributed by atoms with Gasteiger partial charge in [-0.1, -0.05) is 35.7 Å². The molecule has 2 aliphatic heterocycles. The fourth-order valence-electron chi connectivity index (χ4n) is 8.55. The van der Waals surface area contributed by atoms with Gasteiger partial charge in [-0.25, -0.2) is 4.98 Å². The summed E-state index contributed by atoms with van der Waals surface area (Å²) in [5.74, 6) is 0.731. The maximum atomic E-state index is 13.8. The van der Waals surface area contributed by atoms with Crippen molar-refractivity contribution in [2.45, 2.75) is 49.6 Å². The lowest BCUT2D eigenvalue weighted by molar-refractivity contribution is -0.0756. The maximum absolute atomic E-state index is 13.8. The molecular weight excluding hydrogens is 758 g/mol. The van der Waals surface area contributed by atoms with Gasteiger partial charge in [-0.15, -0.1) is 0 Å². The molecule has 3 aromatic carbocycles. The van der Waals surface area contributed by atoms with Crippen molar-refractivity contribution in [3.63, 3.8) is 0 Å². The number of anilines is 3. The number of benzene rings is 3. The summed E-state index contributed by atoms with van der Waals surface area (Å²) in [7, 11) is 0. The van der Waals surface area contributed by atoms with E-state index in [-0.39, 0.29) is 12.1 Å². The van der Waals surface area contributed by atoms with Crippen LogP contribution in [0.1, 0.15) is 54.4 Å². The first kappa shape index (κ1) is 37.8. The summed E-state index contributed by atoms with van der Waals surface area (Å²) in [4.78, 5) is 27.2. The molecule has 1 amide bonds. The molecule has 4 aliphatic rings. The van der Waals surface area contributed by atoms with Gasteiger partial charge in [0.15, 0.2) is 6.23 Å². The Hall–Kier alpha value is -4.72. The summed E-state index contributed by atoms with van der Waals surface area (Å²) < 4.78 is 20.6. The van der Waals surface area contributed by atoms with Gasteiger partial charge in [0.25, 0.3) is 5.91 Å². The van der Waals surface area contributed by atoms with Gasteiger partial charge >= 0.3 is 0 Å². The zero-order valence-electron chi connectivity index (χ0n) is 31.9. The second-order valence-corrected chi connectivity index (χ2v) is 16.9. The van der Waals surface area contributed by atoms with Crippen molar-refractivity contribution < 1.29 is 19.0 Å². The van der Waals surface area contributed by atoms with E-state index in [0.717, 1.165) is 65.1 Å². The van der Waals surface area contributed by atoms with Gasteiger partial charge < -0.3 is 35.1 Å². The van der Waals surface area contributed by atoms with Gasteiger partial charge in [-0.05, 0) is 115 Å². The van der Waals surface area contributed by atoms with Crippen molar-refractivity contribution in [3.8, 4) is 11.5 Å². The van der Waals surface area contributed by atoms with Crippen molar-refractivity contribution in [3.05, 3.63) is 107 Å². The van der Waals surface area contributed by atoms with Crippen molar-refractivity contribution in [1.29, 1.82) is 0 Å². The fraction of sp³-hybridized carbons (Fsp3) is 0.364. The number of carbonyl (C=O) groups excluding carboxylic acids is 1. The Kier molecular flexibility index (Phi) is 11.0. The number of piperazine rings is 1. The first-order valence-electron chi connectivity index (χ1n) is 19.9. The molecule has 5 aromatic rings. The molecular formula is C44H48ClN7O4S. The second-order valence-electron chi connectivity index (χ2n) is 15.6. The van der Waals surface area contributed by atoms with Crippen LogP contribution < -0.4 is 25.4 Å². The Morgan fingerprint density at radius 1 is 1.02 bits per heavy atom. The van der Waals surface area contributed by atoms with E-state index in [1.54, 1.807) is 17.3 Å². The predicted molar refractivity (Wildman–Crippen MR) is 228 cm³/mol. The third-order valence-corrected chi connectivity index (χ3v) is 13.0. The molecule has 0 radical (unpaired) electrons. The molecule has 1 spiro atoms. The van der Waals surface area contributed by atoms with Crippen LogP contribution in [0.2, 0.25) is 5.02 Å². The lowest BCUT2D eigenvalue weighted by Gasteiger charge is -2.47. The molecule has 11 nitrogen and oxygen atoms in total. The van der Waals surface area contributed by atoms with Crippen LogP contribution in [0.4, 0.5) is 17.1 Å². The normalized spacial score (nSPS) is 19.7. The van der Waals surface area contributed by atoms with E-state index in [1.807, 2.05) is 66.9 Å². The number of halogens is 1. The number of rotatable bonds is 11. The smallest absolute Gasteiger partial charge is 0.265 e. The topological polar surface area (TPSA) is 130 Å². The van der Waals surface area contributed by atoms with Crippen LogP contribution in [0.15, 0.2) is 95.7 Å². The number of hydrogen-bond donors (Lipinski definition) is 4. The molecule has 13 heteroatoms. The minimum atomic E-state index is -0.281. The van der Waals surface area contributed by atoms with Crippen LogP contribution in [0.25, 0.3) is 16.6 Å². The lowest BCUT2D eigenvalue weighted by atomic mass is 9.59. The number of nitrogen functional groups attached to an aromatic ring is 1. The highest BCUT2D eigenvalue weighted by molar-refractivity contribution is 7.98. The van der Waals surface area contributed by atoms with Crippen molar-refractivity contribution >= 4 is 63.1 Å². The molecule has 4 heterocycles. The molecule has 1 atom stereocenters. The van der Waals surface area contributed by atoms with E-state index in [9.17, 15) is 4.79 Å². The molecule has 9 rings (SSSR count). The fourth-order valence-corrected chi connectivity index (χ4v) is 9.32. The van der Waals surface area contributed by atoms with Gasteiger partial charge in [-0.2, -0.15) is 0 Å². The summed E-state index contributed by atoms with van der Waals surface area (Å²) in [5, 5.41) is 4.98. The summed E-state index contributed by atoms with van der Waals surface area (Å²) in [6.45, 7) is 6.21. The Bertz CT molecular complexity index is 2260. The van der Waals surface area contributed by atoms with Gasteiger partial charge in [-0.3, -0.25) is 14.4 Å². The first-order valence-corrected chi connectivity index (χ1v) is 21.1. The quantitative estimate of drug-likeness (QED) is 0.0760. The number of allylic oxidation sites excluding steroid dienone is 1. The molecule has 1 unspecified atom stereocenters. The summed E-state index contributed by atoms with van der Waals surface area (Å²) >= 11 is 7.49. The molecule has 3 fully saturated rings. The van der Waals surface area contributed by atoms with Crippen molar-refractivity contribution in [2.24, 2.45) is 5.41 Å². The monoisotopic (exact) mass is 805 g/mol. The number of fused-ring (bicyclic) bond motifs is 1. The molecule has 2 aromatic heterocycles. The van der Waals surface area contributed by atoms with Gasteiger partial charge in [0.2, 0.25) is 0 Å². The highest BCUT2D eigenvalue weighted by atomic mass is 35.5. The predicted octanol–water partition coefficient (Wildman–Crippen LogP) is 8.74. The molecule has 1 saturated carbocycles. The molecule has 2 aliphatic carbocycles. The van der Waals surface area contributed by atoms with Crippen molar-refractivity contribution in [2.75, 3.05) is 68.5 Å². The molecule has 296 valence electrons. The number of nitrogens with one attached hydrogen (secondary N) is 3. The highest BCUT2D eigenvalue weighted by Crippen LogP contribution is 2.55. The van der Waals surface area contributed by atoms with Crippen LogP contribution >= 0.6 is 23.5 Å². The number of carbonyl (C=O) groups is 1. The lowest BCUT2D eigenvalue weighted by Crippen LogP contribution is -2.47. The van der Waals surface area contributed by atoms with Crippen LogP contribution in [0.3, 0.4) is 0 Å². The average Bonchev–Trinajstić information content (AvgIpc) is 3.70. The number of hydrogen-bond acceptors (Lipinski definition) is 10. The number of nitrogens with two attached hydrogens (primary N) is 1. The average molecular weight is 806 g/mol. The number of aromatic nitrogens is 2. The number of nitrogens with zero attached hydrogens (tertiary/aromatic N) is 3. The number of amides is 1. The Balaban J connectivity index is 0.892. The summed E-state index contributed by atoms with van der Waals surface area (Å²) in [5.41, 5.74) is 14.8. The Morgan fingerprint density at radius 3 is 2.65 bits per heavy atom. The largest absolute Gasteiger partial charge is 0.455 e. The SMILES string of the molecule is Nc1cc(SNC(=O)c2ccc(N3CCN(CC4=C(c5ccc(Cl)cc5)CC5(CCC5)CC4)CC3)cc2Oc2cnc3[nH]ccc3c2)ccc1NC1COCCO1. The zero-order chi connectivity index (χ0) is 38.8. The number of aromatic amines is 1. The standard InChI is InChI=1S/C44H48ClN7O4S/c45-32-4-2-29(3-5-32)37-25-44(12-1-13-44)14-10-31(37)27-51-16-18-52(19-17-51)33-6-8-36(40(23-33)56-34-22-30-11-15-47-42(30)48-26-34)43(53)50-57-35-7-9-39(38(46)24-35)49-41-28-54-20-21-55-41/h2-9,11,15,22-24,26,41,49H,1,10,12-14,16-21,25,27-28,46H2,(H,47,48)(H,50,53). The molecule has 2 saturated heterocycles. The van der Waals surface area contributed by atoms with E-state index in [2.05, 4.69) is 41.9 Å². The third-order valence-electron chi connectivity index (χ3n) is 11.9. The maximum Gasteiger partial charge on any atom is 0.265 e. The summed E-state index contributed by atoms with van der Waals surface area (Å²) in [6, 6.07) is 23.8. The third kappa shape index (κ3) is 8.61. The Labute approximate surface area is 342 Å². The summed E-state index contributed by atoms with van der Waals surface area (Å²) in [6.07, 6.45) is 11.0. The minimum absolute atomic E-state index is 0.259. The highest BCUT2D eigenvalue weighted by Gasteiger charge is 2.41. The van der Waals surface area contributed by atoms with E-state index in [0.29, 0.717) is 48.0 Å². The van der Waals surface area contributed by atoms with Gasteiger partial charge in [0.05, 0.1) is 43.0 Å². The van der Waals surface area contributed by atoms with E-state index in [1.165, 1.54) is 56.0 Å². The van der Waals surface area contributed by atoms with Crippen LogP contribution in [0, 0.1) is 5.41 Å². The van der Waals surface area contributed by atoms with Crippen molar-refractivity contribution in [1.82, 2.24) is 19.6 Å². The van der Waals surface area contributed by atoms with Crippen LogP contribution in [-0.2, 0) is 9.47 Å². The minimum Gasteiger partial charge on any atom is -0.455 e. The van der Waals surface area contributed by atoms with Crippen LogP contribution in [0.5, 0.6) is 11.5 Å². The van der Waals surface area contributed by atoms with Gasteiger partial charge in [0, 0.05) is 66.0 Å².